The van der Waals surface area contributed by atoms with E-state index >= 15 is 0 Å². The van der Waals surface area contributed by atoms with Crippen LogP contribution < -0.4 is 5.32 Å². The third kappa shape index (κ3) is 3.18. The number of rotatable bonds is 4. The molecule has 0 saturated carbocycles. The van der Waals surface area contributed by atoms with Crippen molar-refractivity contribution in [2.24, 2.45) is 0 Å². The molecule has 0 fully saturated rings. The van der Waals surface area contributed by atoms with E-state index in [1.54, 1.807) is 31.3 Å². The third-order valence-corrected chi connectivity index (χ3v) is 3.41. The first-order chi connectivity index (χ1) is 12.0. The summed E-state index contributed by atoms with van der Waals surface area (Å²) in [5.74, 6) is -3.32. The number of fused-ring (bicyclic) bond motifs is 1. The number of amides is 1. The molecular weight excluding hydrogens is 332 g/mol. The van der Waals surface area contributed by atoms with Crippen molar-refractivity contribution >= 4 is 23.3 Å². The van der Waals surface area contributed by atoms with Crippen molar-refractivity contribution in [2.45, 2.75) is 6.92 Å². The van der Waals surface area contributed by atoms with E-state index in [4.69, 9.17) is 4.74 Å². The summed E-state index contributed by atoms with van der Waals surface area (Å²) in [5.41, 5.74) is -0.0635. The monoisotopic (exact) mass is 345 g/mol. The van der Waals surface area contributed by atoms with Crippen LogP contribution in [0.4, 0.5) is 14.6 Å². The second-order valence-electron chi connectivity index (χ2n) is 5.04. The molecule has 8 heteroatoms. The summed E-state index contributed by atoms with van der Waals surface area (Å²) in [5, 5.41) is 2.45. The molecule has 0 radical (unpaired) electrons. The largest absolute Gasteiger partial charge is 0.461 e. The normalized spacial score (nSPS) is 10.7. The fraction of sp³-hybridized carbons (Fsp3) is 0.118. The summed E-state index contributed by atoms with van der Waals surface area (Å²) in [7, 11) is 0. The summed E-state index contributed by atoms with van der Waals surface area (Å²) in [4.78, 5) is 28.6. The van der Waals surface area contributed by atoms with Gasteiger partial charge in [0.1, 0.15) is 17.3 Å². The van der Waals surface area contributed by atoms with Crippen molar-refractivity contribution in [1.82, 2.24) is 9.38 Å². The van der Waals surface area contributed by atoms with Gasteiger partial charge in [-0.25, -0.2) is 18.6 Å². The number of hydrogen-bond donors (Lipinski definition) is 1. The molecule has 25 heavy (non-hydrogen) atoms. The quantitative estimate of drug-likeness (QED) is 0.738. The number of hydrogen-bond acceptors (Lipinski definition) is 4. The lowest BCUT2D eigenvalue weighted by Gasteiger charge is -2.08. The number of carbonyl (C=O) groups excluding carboxylic acids is 2. The number of esters is 1. The summed E-state index contributed by atoms with van der Waals surface area (Å²) < 4.78 is 33.2. The molecular formula is C17H13F2N3O3. The molecule has 1 amide bonds. The van der Waals surface area contributed by atoms with Crippen LogP contribution in [0.15, 0.2) is 42.6 Å². The van der Waals surface area contributed by atoms with Crippen molar-refractivity contribution in [3.8, 4) is 0 Å². The first kappa shape index (κ1) is 16.6. The number of anilines is 1. The topological polar surface area (TPSA) is 72.7 Å². The molecule has 0 aliphatic carbocycles. The fourth-order valence-electron chi connectivity index (χ4n) is 2.31. The van der Waals surface area contributed by atoms with Gasteiger partial charge in [0.05, 0.1) is 12.2 Å². The zero-order chi connectivity index (χ0) is 18.0. The zero-order valence-electron chi connectivity index (χ0n) is 13.1. The number of carbonyl (C=O) groups is 2. The van der Waals surface area contributed by atoms with Crippen LogP contribution in [0.2, 0.25) is 0 Å². The van der Waals surface area contributed by atoms with Crippen LogP contribution in [0, 0.1) is 11.6 Å². The number of nitrogens with zero attached hydrogens (tertiary/aromatic N) is 2. The molecule has 128 valence electrons. The van der Waals surface area contributed by atoms with Gasteiger partial charge < -0.3 is 10.1 Å². The molecule has 0 spiro atoms. The Balaban J connectivity index is 2.03. The van der Waals surface area contributed by atoms with Gasteiger partial charge in [0, 0.05) is 12.3 Å². The molecule has 2 heterocycles. The maximum atomic E-state index is 13.8. The van der Waals surface area contributed by atoms with Crippen LogP contribution in [0.3, 0.4) is 0 Å². The van der Waals surface area contributed by atoms with E-state index in [0.29, 0.717) is 11.7 Å². The minimum Gasteiger partial charge on any atom is -0.461 e. The molecule has 2 aromatic heterocycles. The van der Waals surface area contributed by atoms with Crippen LogP contribution in [0.25, 0.3) is 5.65 Å². The Morgan fingerprint density at radius 2 is 2.04 bits per heavy atom. The predicted molar refractivity (Wildman–Crippen MR) is 85.5 cm³/mol. The lowest BCUT2D eigenvalue weighted by molar-refractivity contribution is 0.0521. The molecule has 0 atom stereocenters. The van der Waals surface area contributed by atoms with E-state index in [-0.39, 0.29) is 23.7 Å². The molecule has 6 nitrogen and oxygen atoms in total. The number of imidazole rings is 1. The molecule has 1 aromatic carbocycles. The van der Waals surface area contributed by atoms with Gasteiger partial charge in [-0.3, -0.25) is 9.20 Å². The smallest absolute Gasteiger partial charge is 0.360 e. The molecule has 3 rings (SSSR count). The van der Waals surface area contributed by atoms with Crippen molar-refractivity contribution in [2.75, 3.05) is 11.9 Å². The lowest BCUT2D eigenvalue weighted by Crippen LogP contribution is -2.18. The predicted octanol–water partition coefficient (Wildman–Crippen LogP) is 3.04. The van der Waals surface area contributed by atoms with Crippen LogP contribution in [-0.2, 0) is 4.74 Å². The van der Waals surface area contributed by atoms with Gasteiger partial charge in [-0.1, -0.05) is 6.07 Å². The van der Waals surface area contributed by atoms with Crippen molar-refractivity contribution < 1.29 is 23.1 Å². The van der Waals surface area contributed by atoms with Crippen LogP contribution in [0.1, 0.15) is 27.8 Å². The summed E-state index contributed by atoms with van der Waals surface area (Å²) in [6.45, 7) is 1.77. The van der Waals surface area contributed by atoms with Crippen LogP contribution in [0.5, 0.6) is 0 Å². The average molecular weight is 345 g/mol. The zero-order valence-corrected chi connectivity index (χ0v) is 13.1. The molecule has 0 aliphatic heterocycles. The standard InChI is InChI=1S/C17H13F2N3O3/c1-2-25-17(24)14-15(22-8-4-3-5-13(22)20-14)21-16(23)11-7-6-10(18)9-12(11)19/h3-9H,2H2,1H3,(H,21,23). The Labute approximate surface area is 141 Å². The van der Waals surface area contributed by atoms with Gasteiger partial charge in [-0.05, 0) is 31.2 Å². The van der Waals surface area contributed by atoms with E-state index in [0.717, 1.165) is 12.1 Å². The minimum atomic E-state index is -1.01. The SMILES string of the molecule is CCOC(=O)c1nc2ccccn2c1NC(=O)c1ccc(F)cc1F. The Hall–Kier alpha value is -3.29. The number of aromatic nitrogens is 2. The maximum Gasteiger partial charge on any atom is 0.360 e. The first-order valence-electron chi connectivity index (χ1n) is 7.42. The fourth-order valence-corrected chi connectivity index (χ4v) is 2.31. The highest BCUT2D eigenvalue weighted by molar-refractivity contribution is 6.07. The first-order valence-corrected chi connectivity index (χ1v) is 7.42. The maximum absolute atomic E-state index is 13.8. The minimum absolute atomic E-state index is 0.0442. The third-order valence-electron chi connectivity index (χ3n) is 3.41. The van der Waals surface area contributed by atoms with Crippen LogP contribution >= 0.6 is 0 Å². The van der Waals surface area contributed by atoms with Crippen molar-refractivity contribution in [3.63, 3.8) is 0 Å². The Kier molecular flexibility index (Phi) is 4.42. The van der Waals surface area contributed by atoms with Crippen molar-refractivity contribution in [1.29, 1.82) is 0 Å². The molecule has 0 bridgehead atoms. The molecule has 0 aliphatic rings. The van der Waals surface area contributed by atoms with Gasteiger partial charge in [0.15, 0.2) is 11.5 Å². The Bertz CT molecular complexity index is 969. The highest BCUT2D eigenvalue weighted by atomic mass is 19.1. The number of halogens is 2. The number of nitrogens with one attached hydrogen (secondary N) is 1. The number of pyridine rings is 1. The van der Waals surface area contributed by atoms with Gasteiger partial charge >= 0.3 is 5.97 Å². The van der Waals surface area contributed by atoms with Gasteiger partial charge in [0.25, 0.3) is 5.91 Å². The van der Waals surface area contributed by atoms with Gasteiger partial charge in [-0.15, -0.1) is 0 Å². The second kappa shape index (κ2) is 6.68. The molecule has 3 aromatic rings. The van der Waals surface area contributed by atoms with Gasteiger partial charge in [-0.2, -0.15) is 0 Å². The summed E-state index contributed by atoms with van der Waals surface area (Å²) in [6.07, 6.45) is 1.59. The Morgan fingerprint density at radius 1 is 1.24 bits per heavy atom. The second-order valence-corrected chi connectivity index (χ2v) is 5.04. The molecule has 0 unspecified atom stereocenters. The number of ether oxygens (including phenoxy) is 1. The van der Waals surface area contributed by atoms with Crippen molar-refractivity contribution in [3.05, 3.63) is 65.5 Å². The summed E-state index contributed by atoms with van der Waals surface area (Å²) >= 11 is 0. The highest BCUT2D eigenvalue weighted by Gasteiger charge is 2.23. The lowest BCUT2D eigenvalue weighted by atomic mass is 10.2. The van der Waals surface area contributed by atoms with Gasteiger partial charge in [0.2, 0.25) is 0 Å². The average Bonchev–Trinajstić information content (AvgIpc) is 2.94. The van der Waals surface area contributed by atoms with E-state index in [9.17, 15) is 18.4 Å². The van der Waals surface area contributed by atoms with E-state index < -0.39 is 23.5 Å². The van der Waals surface area contributed by atoms with Crippen LogP contribution in [-0.4, -0.2) is 27.9 Å². The Morgan fingerprint density at radius 3 is 2.76 bits per heavy atom. The highest BCUT2D eigenvalue weighted by Crippen LogP contribution is 2.21. The van der Waals surface area contributed by atoms with E-state index in [1.165, 1.54) is 4.40 Å². The number of benzene rings is 1. The van der Waals surface area contributed by atoms with E-state index in [2.05, 4.69) is 10.3 Å². The molecule has 1 N–H and O–H groups in total. The summed E-state index contributed by atoms with van der Waals surface area (Å²) in [6, 6.07) is 7.62. The molecule has 0 saturated heterocycles. The van der Waals surface area contributed by atoms with E-state index in [1.807, 2.05) is 0 Å².